The number of piperidine rings is 1. The smallest absolute Gasteiger partial charge is 0.304 e. The molecule has 0 aromatic heterocycles. The highest BCUT2D eigenvalue weighted by Gasteiger charge is 2.28. The second-order valence-electron chi connectivity index (χ2n) is 4.50. The van der Waals surface area contributed by atoms with Crippen LogP contribution < -0.4 is 0 Å². The molecule has 2 unspecified atom stereocenters. The summed E-state index contributed by atoms with van der Waals surface area (Å²) in [5.74, 6) is -1.08. The number of nitrogens with zero attached hydrogens (tertiary/aromatic N) is 1. The largest absolute Gasteiger partial charge is 0.481 e. The molecule has 4 nitrogen and oxygen atoms in total. The van der Waals surface area contributed by atoms with Gasteiger partial charge < -0.3 is 10.0 Å². The van der Waals surface area contributed by atoms with Crippen LogP contribution in [-0.2, 0) is 9.59 Å². The van der Waals surface area contributed by atoms with E-state index in [0.717, 1.165) is 25.9 Å². The molecule has 1 aliphatic rings. The van der Waals surface area contributed by atoms with Crippen molar-refractivity contribution in [2.75, 3.05) is 20.1 Å². The Morgan fingerprint density at radius 2 is 2.20 bits per heavy atom. The van der Waals surface area contributed by atoms with Crippen molar-refractivity contribution >= 4 is 11.8 Å². The highest BCUT2D eigenvalue weighted by atomic mass is 16.4. The molecule has 0 aromatic rings. The fourth-order valence-electron chi connectivity index (χ4n) is 2.16. The zero-order valence-electron chi connectivity index (χ0n) is 9.40. The number of hydrogen-bond acceptors (Lipinski definition) is 3. The van der Waals surface area contributed by atoms with Crippen molar-refractivity contribution in [3.63, 3.8) is 0 Å². The second-order valence-corrected chi connectivity index (χ2v) is 4.50. The summed E-state index contributed by atoms with van der Waals surface area (Å²) in [4.78, 5) is 24.5. The number of Topliss-reactive ketones (excluding diaryl/α,β-unsaturated/α-hetero) is 1. The molecule has 0 amide bonds. The molecule has 0 radical (unpaired) electrons. The maximum Gasteiger partial charge on any atom is 0.304 e. The first-order valence-electron chi connectivity index (χ1n) is 5.44. The summed E-state index contributed by atoms with van der Waals surface area (Å²) in [5.41, 5.74) is 0. The van der Waals surface area contributed by atoms with Crippen LogP contribution in [0.5, 0.6) is 0 Å². The van der Waals surface area contributed by atoms with Gasteiger partial charge in [0.15, 0.2) is 0 Å². The second kappa shape index (κ2) is 5.26. The number of aliphatic carboxylic acids is 1. The number of hydrogen-bond donors (Lipinski definition) is 1. The van der Waals surface area contributed by atoms with Gasteiger partial charge in [0.05, 0.1) is 6.42 Å². The van der Waals surface area contributed by atoms with Crippen LogP contribution in [-0.4, -0.2) is 41.9 Å². The Kier molecular flexibility index (Phi) is 4.27. The molecule has 15 heavy (non-hydrogen) atoms. The fraction of sp³-hybridized carbons (Fsp3) is 0.818. The number of carbonyl (C=O) groups is 2. The van der Waals surface area contributed by atoms with Crippen molar-refractivity contribution in [2.45, 2.75) is 26.2 Å². The van der Waals surface area contributed by atoms with Gasteiger partial charge in [0.2, 0.25) is 0 Å². The van der Waals surface area contributed by atoms with Gasteiger partial charge in [-0.2, -0.15) is 0 Å². The summed E-state index contributed by atoms with van der Waals surface area (Å²) in [7, 11) is 2.00. The van der Waals surface area contributed by atoms with E-state index in [1.165, 1.54) is 0 Å². The number of ketones is 1. The summed E-state index contributed by atoms with van der Waals surface area (Å²) in [6.07, 6.45) is 1.90. The number of carbonyl (C=O) groups excluding carboxylic acids is 1. The fourth-order valence-corrected chi connectivity index (χ4v) is 2.16. The molecule has 0 aromatic carbocycles. The average molecular weight is 213 g/mol. The van der Waals surface area contributed by atoms with Crippen LogP contribution in [0.25, 0.3) is 0 Å². The van der Waals surface area contributed by atoms with Crippen LogP contribution in [0.2, 0.25) is 0 Å². The van der Waals surface area contributed by atoms with E-state index in [-0.39, 0.29) is 24.0 Å². The summed E-state index contributed by atoms with van der Waals surface area (Å²) >= 11 is 0. The molecule has 0 bridgehead atoms. The first-order valence-corrected chi connectivity index (χ1v) is 5.44. The van der Waals surface area contributed by atoms with Crippen molar-refractivity contribution < 1.29 is 14.7 Å². The lowest BCUT2D eigenvalue weighted by Crippen LogP contribution is -2.38. The average Bonchev–Trinajstić information content (AvgIpc) is 2.15. The van der Waals surface area contributed by atoms with Gasteiger partial charge in [-0.05, 0) is 26.4 Å². The minimum Gasteiger partial charge on any atom is -0.481 e. The van der Waals surface area contributed by atoms with Crippen molar-refractivity contribution in [1.82, 2.24) is 4.90 Å². The molecule has 1 N–H and O–H groups in total. The minimum absolute atomic E-state index is 0.0399. The molecule has 0 spiro atoms. The molecule has 1 aliphatic heterocycles. The Bertz CT molecular complexity index is 252. The van der Waals surface area contributed by atoms with Gasteiger partial charge in [-0.1, -0.05) is 6.92 Å². The molecule has 1 heterocycles. The number of rotatable bonds is 4. The number of likely N-dealkylation sites (tertiary alicyclic amines) is 1. The summed E-state index contributed by atoms with van der Waals surface area (Å²) in [6.45, 7) is 3.53. The molecule has 1 rings (SSSR count). The standard InChI is InChI=1S/C11H19NO3/c1-8(6-10(13)14)11(15)9-4-3-5-12(2)7-9/h8-9H,3-7H2,1-2H3,(H,13,14). The molecule has 86 valence electrons. The first kappa shape index (κ1) is 12.2. The van der Waals surface area contributed by atoms with Gasteiger partial charge in [-0.15, -0.1) is 0 Å². The normalized spacial score (nSPS) is 24.8. The maximum absolute atomic E-state index is 11.9. The van der Waals surface area contributed by atoms with E-state index in [4.69, 9.17) is 5.11 Å². The molecule has 0 saturated carbocycles. The van der Waals surface area contributed by atoms with Crippen molar-refractivity contribution in [3.8, 4) is 0 Å². The predicted octanol–water partition coefficient (Wildman–Crippen LogP) is 1.01. The van der Waals surface area contributed by atoms with E-state index >= 15 is 0 Å². The predicted molar refractivity (Wildman–Crippen MR) is 56.6 cm³/mol. The van der Waals surface area contributed by atoms with Crippen LogP contribution >= 0.6 is 0 Å². The highest BCUT2D eigenvalue weighted by molar-refractivity contribution is 5.86. The van der Waals surface area contributed by atoms with E-state index in [2.05, 4.69) is 4.90 Å². The Hall–Kier alpha value is -0.900. The van der Waals surface area contributed by atoms with E-state index < -0.39 is 5.97 Å². The molecule has 0 aliphatic carbocycles. The van der Waals surface area contributed by atoms with E-state index in [1.807, 2.05) is 7.05 Å². The molecule has 4 heteroatoms. The van der Waals surface area contributed by atoms with Crippen LogP contribution in [0.4, 0.5) is 0 Å². The molecular formula is C11H19NO3. The van der Waals surface area contributed by atoms with Crippen LogP contribution in [0, 0.1) is 11.8 Å². The Balaban J connectivity index is 2.47. The van der Waals surface area contributed by atoms with Gasteiger partial charge in [0, 0.05) is 18.4 Å². The third-order valence-corrected chi connectivity index (χ3v) is 2.99. The third kappa shape index (κ3) is 3.63. The zero-order valence-corrected chi connectivity index (χ0v) is 9.40. The minimum atomic E-state index is -0.889. The molecule has 2 atom stereocenters. The Labute approximate surface area is 90.3 Å². The first-order chi connectivity index (χ1) is 7.00. The van der Waals surface area contributed by atoms with Gasteiger partial charge in [-0.3, -0.25) is 9.59 Å². The highest BCUT2D eigenvalue weighted by Crippen LogP contribution is 2.20. The monoisotopic (exact) mass is 213 g/mol. The zero-order chi connectivity index (χ0) is 11.4. The van der Waals surface area contributed by atoms with Gasteiger partial charge in [0.25, 0.3) is 0 Å². The van der Waals surface area contributed by atoms with E-state index in [0.29, 0.717) is 0 Å². The Morgan fingerprint density at radius 3 is 2.73 bits per heavy atom. The van der Waals surface area contributed by atoms with Crippen molar-refractivity contribution in [1.29, 1.82) is 0 Å². The van der Waals surface area contributed by atoms with Gasteiger partial charge in [0.1, 0.15) is 5.78 Å². The Morgan fingerprint density at radius 1 is 1.53 bits per heavy atom. The van der Waals surface area contributed by atoms with Crippen molar-refractivity contribution in [3.05, 3.63) is 0 Å². The molecule has 1 fully saturated rings. The molecular weight excluding hydrogens is 194 g/mol. The SMILES string of the molecule is CC(CC(=O)O)C(=O)C1CCCN(C)C1. The van der Waals surface area contributed by atoms with Crippen LogP contribution in [0.15, 0.2) is 0 Å². The third-order valence-electron chi connectivity index (χ3n) is 2.99. The molecule has 1 saturated heterocycles. The lowest BCUT2D eigenvalue weighted by molar-refractivity contribution is -0.141. The van der Waals surface area contributed by atoms with E-state index in [9.17, 15) is 9.59 Å². The van der Waals surface area contributed by atoms with Gasteiger partial charge >= 0.3 is 5.97 Å². The summed E-state index contributed by atoms with van der Waals surface area (Å²) < 4.78 is 0. The van der Waals surface area contributed by atoms with Crippen LogP contribution in [0.3, 0.4) is 0 Å². The quantitative estimate of drug-likeness (QED) is 0.757. The van der Waals surface area contributed by atoms with E-state index in [1.54, 1.807) is 6.92 Å². The maximum atomic E-state index is 11.9. The van der Waals surface area contributed by atoms with Crippen LogP contribution in [0.1, 0.15) is 26.2 Å². The topological polar surface area (TPSA) is 57.6 Å². The lowest BCUT2D eigenvalue weighted by Gasteiger charge is -2.29. The number of carboxylic acid groups (broad SMARTS) is 1. The summed E-state index contributed by atoms with van der Waals surface area (Å²) in [5, 5.41) is 8.62. The number of carboxylic acids is 1. The van der Waals surface area contributed by atoms with Gasteiger partial charge in [-0.25, -0.2) is 0 Å². The summed E-state index contributed by atoms with van der Waals surface area (Å²) in [6, 6.07) is 0. The van der Waals surface area contributed by atoms with Crippen molar-refractivity contribution in [2.24, 2.45) is 11.8 Å². The lowest BCUT2D eigenvalue weighted by atomic mass is 9.86.